The predicted molar refractivity (Wildman–Crippen MR) is 120 cm³/mol. The van der Waals surface area contributed by atoms with Crippen molar-refractivity contribution in [1.29, 1.82) is 0 Å². The molecule has 3 heterocycles. The molecule has 0 saturated carbocycles. The minimum atomic E-state index is -2.85. The Morgan fingerprint density at radius 2 is 1.97 bits per heavy atom. The second-order valence-corrected chi connectivity index (χ2v) is 9.21. The molecule has 5 nitrogen and oxygen atoms in total. The highest BCUT2D eigenvalue weighted by atomic mass is 79.9. The third kappa shape index (κ3) is 4.23. The zero-order valence-electron chi connectivity index (χ0n) is 17.8. The van der Waals surface area contributed by atoms with E-state index >= 15 is 8.78 Å². The average molecular weight is 491 g/mol. The lowest BCUT2D eigenvalue weighted by Crippen LogP contribution is -2.47. The molecule has 3 aromatic rings. The van der Waals surface area contributed by atoms with E-state index in [1.165, 1.54) is 4.90 Å². The Labute approximate surface area is 188 Å². The molecular weight excluding hydrogens is 466 g/mol. The number of amides is 1. The van der Waals surface area contributed by atoms with Gasteiger partial charge in [-0.1, -0.05) is 12.1 Å². The number of rotatable bonds is 4. The molecule has 31 heavy (non-hydrogen) atoms. The number of benzene rings is 1. The first-order chi connectivity index (χ1) is 14.7. The molecule has 0 spiro atoms. The molecule has 0 bridgehead atoms. The summed E-state index contributed by atoms with van der Waals surface area (Å²) in [5.74, 6) is -3.84. The number of aromatic nitrogens is 2. The zero-order chi connectivity index (χ0) is 22.3. The van der Waals surface area contributed by atoms with Crippen LogP contribution in [-0.4, -0.2) is 58.4 Å². The van der Waals surface area contributed by atoms with Gasteiger partial charge in [0.2, 0.25) is 0 Å². The molecule has 1 atom stereocenters. The van der Waals surface area contributed by atoms with Gasteiger partial charge >= 0.3 is 0 Å². The number of halogens is 3. The first-order valence-corrected chi connectivity index (χ1v) is 11.0. The lowest BCUT2D eigenvalue weighted by atomic mass is 9.85. The van der Waals surface area contributed by atoms with Crippen LogP contribution in [-0.2, 0) is 13.6 Å². The van der Waals surface area contributed by atoms with Crippen molar-refractivity contribution in [2.24, 2.45) is 7.05 Å². The first kappa shape index (κ1) is 21.9. The van der Waals surface area contributed by atoms with Crippen molar-refractivity contribution in [3.63, 3.8) is 0 Å². The number of carbonyl (C=O) groups excluding carboxylic acids is 1. The smallest absolute Gasteiger partial charge is 0.267 e. The van der Waals surface area contributed by atoms with Gasteiger partial charge in [0.05, 0.1) is 12.5 Å². The van der Waals surface area contributed by atoms with E-state index in [1.807, 2.05) is 28.6 Å². The summed E-state index contributed by atoms with van der Waals surface area (Å²) in [4.78, 5) is 19.7. The highest BCUT2D eigenvalue weighted by molar-refractivity contribution is 9.10. The van der Waals surface area contributed by atoms with E-state index in [-0.39, 0.29) is 12.5 Å². The highest BCUT2D eigenvalue weighted by Gasteiger charge is 2.45. The number of carbonyl (C=O) groups is 1. The summed E-state index contributed by atoms with van der Waals surface area (Å²) in [5.41, 5.74) is 2.87. The molecule has 1 amide bonds. The number of alkyl halides is 2. The van der Waals surface area contributed by atoms with Gasteiger partial charge in [0.1, 0.15) is 5.65 Å². The van der Waals surface area contributed by atoms with Crippen LogP contribution >= 0.6 is 15.9 Å². The average Bonchev–Trinajstić information content (AvgIpc) is 3.04. The van der Waals surface area contributed by atoms with Gasteiger partial charge in [0, 0.05) is 55.0 Å². The molecule has 1 aliphatic heterocycles. The molecule has 0 radical (unpaired) electrons. The van der Waals surface area contributed by atoms with Crippen LogP contribution in [0.3, 0.4) is 0 Å². The Hall–Kier alpha value is -2.32. The Morgan fingerprint density at radius 3 is 2.58 bits per heavy atom. The van der Waals surface area contributed by atoms with Crippen molar-refractivity contribution in [2.45, 2.75) is 24.8 Å². The number of pyridine rings is 1. The van der Waals surface area contributed by atoms with Gasteiger partial charge in [-0.25, -0.2) is 13.8 Å². The summed E-state index contributed by atoms with van der Waals surface area (Å²) in [7, 11) is 5.26. The SMILES string of the molecule is CN(C)C(=O)c1ccc([C@@H]2CCN(Cc3cc4c(Br)ccnc4n3C)CC2(F)F)cc1. The molecule has 0 unspecified atom stereocenters. The van der Waals surface area contributed by atoms with Crippen LogP contribution in [0.25, 0.3) is 11.0 Å². The van der Waals surface area contributed by atoms with Crippen molar-refractivity contribution in [1.82, 2.24) is 19.4 Å². The lowest BCUT2D eigenvalue weighted by Gasteiger charge is -2.38. The van der Waals surface area contributed by atoms with Gasteiger partial charge in [0.25, 0.3) is 11.8 Å². The molecule has 2 aromatic heterocycles. The van der Waals surface area contributed by atoms with Crippen molar-refractivity contribution in [2.75, 3.05) is 27.2 Å². The topological polar surface area (TPSA) is 41.4 Å². The minimum absolute atomic E-state index is 0.135. The molecule has 4 rings (SSSR count). The van der Waals surface area contributed by atoms with Crippen LogP contribution in [0.4, 0.5) is 8.78 Å². The van der Waals surface area contributed by atoms with Gasteiger partial charge in [-0.15, -0.1) is 0 Å². The van der Waals surface area contributed by atoms with E-state index in [0.29, 0.717) is 30.6 Å². The minimum Gasteiger partial charge on any atom is -0.345 e. The van der Waals surface area contributed by atoms with Crippen LogP contribution in [0, 0.1) is 0 Å². The van der Waals surface area contributed by atoms with Crippen molar-refractivity contribution >= 4 is 32.9 Å². The summed E-state index contributed by atoms with van der Waals surface area (Å²) in [5, 5.41) is 0.981. The van der Waals surface area contributed by atoms with E-state index in [2.05, 4.69) is 20.9 Å². The number of hydrogen-bond acceptors (Lipinski definition) is 3. The number of aryl methyl sites for hydroxylation is 1. The largest absolute Gasteiger partial charge is 0.345 e. The normalized spacial score (nSPS) is 19.0. The van der Waals surface area contributed by atoms with E-state index in [4.69, 9.17) is 0 Å². The fourth-order valence-corrected chi connectivity index (χ4v) is 4.70. The van der Waals surface area contributed by atoms with Crippen molar-refractivity contribution < 1.29 is 13.6 Å². The molecule has 1 saturated heterocycles. The summed E-state index contributed by atoms with van der Waals surface area (Å²) < 4.78 is 33.1. The van der Waals surface area contributed by atoms with Gasteiger partial charge < -0.3 is 9.47 Å². The molecule has 1 fully saturated rings. The lowest BCUT2D eigenvalue weighted by molar-refractivity contribution is -0.0851. The molecule has 0 aliphatic carbocycles. The zero-order valence-corrected chi connectivity index (χ0v) is 19.4. The third-order valence-corrected chi connectivity index (χ3v) is 6.70. The Bertz CT molecular complexity index is 1110. The molecule has 1 aromatic carbocycles. The predicted octanol–water partition coefficient (Wildman–Crippen LogP) is 4.66. The first-order valence-electron chi connectivity index (χ1n) is 10.2. The van der Waals surface area contributed by atoms with E-state index in [0.717, 1.165) is 21.2 Å². The number of piperidine rings is 1. The Kier molecular flexibility index (Phi) is 5.87. The highest BCUT2D eigenvalue weighted by Crippen LogP contribution is 2.41. The fraction of sp³-hybridized carbons (Fsp3) is 0.391. The number of likely N-dealkylation sites (tertiary alicyclic amines) is 1. The summed E-state index contributed by atoms with van der Waals surface area (Å²) in [6, 6.07) is 10.5. The molecular formula is C23H25BrF2N4O. The van der Waals surface area contributed by atoms with Gasteiger partial charge in [-0.3, -0.25) is 9.69 Å². The van der Waals surface area contributed by atoms with E-state index < -0.39 is 11.8 Å². The second kappa shape index (κ2) is 8.31. The quantitative estimate of drug-likeness (QED) is 0.533. The van der Waals surface area contributed by atoms with Crippen LogP contribution in [0.2, 0.25) is 0 Å². The van der Waals surface area contributed by atoms with Crippen molar-refractivity contribution in [3.05, 3.63) is 63.9 Å². The van der Waals surface area contributed by atoms with Crippen molar-refractivity contribution in [3.8, 4) is 0 Å². The summed E-state index contributed by atoms with van der Waals surface area (Å²) in [6.07, 6.45) is 2.09. The fourth-order valence-electron chi connectivity index (χ4n) is 4.29. The van der Waals surface area contributed by atoms with Crippen LogP contribution in [0.15, 0.2) is 47.1 Å². The second-order valence-electron chi connectivity index (χ2n) is 8.36. The van der Waals surface area contributed by atoms with E-state index in [9.17, 15) is 4.79 Å². The Morgan fingerprint density at radius 1 is 1.26 bits per heavy atom. The van der Waals surface area contributed by atoms with Gasteiger partial charge in [0.15, 0.2) is 0 Å². The maximum atomic E-state index is 15.1. The molecule has 8 heteroatoms. The standard InChI is InChI=1S/C23H25BrF2N4O/c1-28(2)22(31)16-6-4-15(5-7-16)19-9-11-30(14-23(19,25)26)13-17-12-18-20(24)8-10-27-21(18)29(17)3/h4-8,10,12,19H,9,11,13-14H2,1-3H3/t19-/m0/s1. The molecule has 1 aliphatic rings. The maximum Gasteiger partial charge on any atom is 0.267 e. The van der Waals surface area contributed by atoms with Crippen LogP contribution in [0.5, 0.6) is 0 Å². The van der Waals surface area contributed by atoms with Crippen LogP contribution in [0.1, 0.15) is 34.0 Å². The van der Waals surface area contributed by atoms with E-state index in [1.54, 1.807) is 44.6 Å². The molecule has 0 N–H and O–H groups in total. The van der Waals surface area contributed by atoms with Gasteiger partial charge in [-0.2, -0.15) is 0 Å². The summed E-state index contributed by atoms with van der Waals surface area (Å²) in [6.45, 7) is 0.721. The Balaban J connectivity index is 1.49. The number of hydrogen-bond donors (Lipinski definition) is 0. The third-order valence-electron chi connectivity index (χ3n) is 6.01. The number of nitrogens with zero attached hydrogens (tertiary/aromatic N) is 4. The molecule has 164 valence electrons. The monoisotopic (exact) mass is 490 g/mol. The maximum absolute atomic E-state index is 15.1. The van der Waals surface area contributed by atoms with Gasteiger partial charge in [-0.05, 0) is 58.7 Å². The van der Waals surface area contributed by atoms with Crippen LogP contribution < -0.4 is 0 Å². The summed E-state index contributed by atoms with van der Waals surface area (Å²) >= 11 is 3.53. The number of fused-ring (bicyclic) bond motifs is 1.